The number of hydrazone groups is 1. The SMILES string of the molecule is C/C(=N\NC(=O)c1cc(Br)ccc1NC(=O)c1cccnc1)c1cccc(C)c1. The first-order valence-electron chi connectivity index (χ1n) is 8.86. The van der Waals surface area contributed by atoms with E-state index in [1.54, 1.807) is 36.5 Å². The number of amides is 2. The molecule has 0 atom stereocenters. The van der Waals surface area contributed by atoms with Crippen molar-refractivity contribution in [3.8, 4) is 0 Å². The number of carbonyl (C=O) groups excluding carboxylic acids is 2. The number of halogens is 1. The Hall–Kier alpha value is -3.32. The first-order valence-corrected chi connectivity index (χ1v) is 9.66. The van der Waals surface area contributed by atoms with Crippen molar-refractivity contribution in [3.05, 3.63) is 93.7 Å². The second-order valence-electron chi connectivity index (χ2n) is 6.39. The zero-order valence-electron chi connectivity index (χ0n) is 15.9. The number of nitrogens with zero attached hydrogens (tertiary/aromatic N) is 2. The van der Waals surface area contributed by atoms with Crippen LogP contribution in [0, 0.1) is 6.92 Å². The van der Waals surface area contributed by atoms with Crippen molar-refractivity contribution >= 4 is 39.1 Å². The van der Waals surface area contributed by atoms with Gasteiger partial charge in [0, 0.05) is 16.9 Å². The molecule has 29 heavy (non-hydrogen) atoms. The van der Waals surface area contributed by atoms with E-state index in [2.05, 4.69) is 36.8 Å². The number of pyridine rings is 1. The minimum atomic E-state index is -0.431. The molecule has 7 heteroatoms. The van der Waals surface area contributed by atoms with Crippen LogP contribution in [0.5, 0.6) is 0 Å². The average molecular weight is 451 g/mol. The Morgan fingerprint density at radius 2 is 1.79 bits per heavy atom. The van der Waals surface area contributed by atoms with Crippen molar-refractivity contribution < 1.29 is 9.59 Å². The minimum absolute atomic E-state index is 0.289. The number of aromatic nitrogens is 1. The highest BCUT2D eigenvalue weighted by atomic mass is 79.9. The van der Waals surface area contributed by atoms with E-state index < -0.39 is 5.91 Å². The van der Waals surface area contributed by atoms with Gasteiger partial charge in [0.25, 0.3) is 11.8 Å². The number of aryl methyl sites for hydroxylation is 1. The van der Waals surface area contributed by atoms with Gasteiger partial charge in [-0.05, 0) is 49.7 Å². The molecule has 3 rings (SSSR count). The average Bonchev–Trinajstić information content (AvgIpc) is 2.73. The van der Waals surface area contributed by atoms with Gasteiger partial charge in [0.2, 0.25) is 0 Å². The number of hydrogen-bond acceptors (Lipinski definition) is 4. The Morgan fingerprint density at radius 3 is 2.52 bits per heavy atom. The van der Waals surface area contributed by atoms with Gasteiger partial charge in [-0.25, -0.2) is 5.43 Å². The van der Waals surface area contributed by atoms with Gasteiger partial charge in [-0.15, -0.1) is 0 Å². The summed E-state index contributed by atoms with van der Waals surface area (Å²) >= 11 is 3.36. The largest absolute Gasteiger partial charge is 0.321 e. The molecule has 0 spiro atoms. The monoisotopic (exact) mass is 450 g/mol. The molecule has 2 aromatic carbocycles. The fraction of sp³-hybridized carbons (Fsp3) is 0.0909. The molecule has 0 aliphatic carbocycles. The van der Waals surface area contributed by atoms with Crippen LogP contribution in [0.1, 0.15) is 38.8 Å². The zero-order chi connectivity index (χ0) is 20.8. The van der Waals surface area contributed by atoms with E-state index in [4.69, 9.17) is 0 Å². The van der Waals surface area contributed by atoms with Crippen molar-refractivity contribution in [1.82, 2.24) is 10.4 Å². The van der Waals surface area contributed by atoms with E-state index in [0.717, 1.165) is 11.1 Å². The summed E-state index contributed by atoms with van der Waals surface area (Å²) in [5.74, 6) is -0.784. The third kappa shape index (κ3) is 5.36. The standard InChI is InChI=1S/C22H19BrN4O2/c1-14-5-3-6-16(11-14)15(2)26-27-22(29)19-12-18(23)8-9-20(19)25-21(28)17-7-4-10-24-13-17/h3-13H,1-2H3,(H,25,28)(H,27,29)/b26-15+. The second-order valence-corrected chi connectivity index (χ2v) is 7.31. The summed E-state index contributed by atoms with van der Waals surface area (Å²) in [6, 6.07) is 16.2. The van der Waals surface area contributed by atoms with E-state index >= 15 is 0 Å². The van der Waals surface area contributed by atoms with Gasteiger partial charge in [-0.1, -0.05) is 45.8 Å². The second kappa shape index (κ2) is 9.25. The number of anilines is 1. The summed E-state index contributed by atoms with van der Waals surface area (Å²) in [4.78, 5) is 29.1. The van der Waals surface area contributed by atoms with Crippen molar-refractivity contribution in [3.63, 3.8) is 0 Å². The van der Waals surface area contributed by atoms with E-state index in [0.29, 0.717) is 21.4 Å². The fourth-order valence-electron chi connectivity index (χ4n) is 2.63. The molecule has 6 nitrogen and oxygen atoms in total. The molecule has 3 aromatic rings. The van der Waals surface area contributed by atoms with Crippen molar-refractivity contribution in [2.75, 3.05) is 5.32 Å². The van der Waals surface area contributed by atoms with Crippen molar-refractivity contribution in [2.45, 2.75) is 13.8 Å². The maximum Gasteiger partial charge on any atom is 0.273 e. The Morgan fingerprint density at radius 1 is 1.00 bits per heavy atom. The quantitative estimate of drug-likeness (QED) is 0.441. The Bertz CT molecular complexity index is 1080. The summed E-state index contributed by atoms with van der Waals surface area (Å²) in [5.41, 5.74) is 6.33. The predicted octanol–water partition coefficient (Wildman–Crippen LogP) is 4.56. The molecule has 0 aliphatic rings. The Kier molecular flexibility index (Phi) is 6.51. The number of hydrogen-bond donors (Lipinski definition) is 2. The first kappa shape index (κ1) is 20.4. The summed E-state index contributed by atoms with van der Waals surface area (Å²) in [7, 11) is 0. The van der Waals surface area contributed by atoms with Gasteiger partial charge in [-0.2, -0.15) is 5.10 Å². The van der Waals surface area contributed by atoms with E-state index in [9.17, 15) is 9.59 Å². The van der Waals surface area contributed by atoms with Gasteiger partial charge in [0.1, 0.15) is 0 Å². The van der Waals surface area contributed by atoms with E-state index in [1.165, 1.54) is 6.20 Å². The molecular weight excluding hydrogens is 432 g/mol. The topological polar surface area (TPSA) is 83.5 Å². The maximum atomic E-state index is 12.7. The molecule has 0 fully saturated rings. The van der Waals surface area contributed by atoms with E-state index in [-0.39, 0.29) is 11.5 Å². The molecule has 0 unspecified atom stereocenters. The van der Waals surface area contributed by atoms with Crippen LogP contribution in [0.4, 0.5) is 5.69 Å². The van der Waals surface area contributed by atoms with Crippen LogP contribution in [-0.2, 0) is 0 Å². The lowest BCUT2D eigenvalue weighted by molar-refractivity contribution is 0.0955. The van der Waals surface area contributed by atoms with Gasteiger partial charge >= 0.3 is 0 Å². The van der Waals surface area contributed by atoms with Crippen molar-refractivity contribution in [2.24, 2.45) is 5.10 Å². The molecule has 1 aromatic heterocycles. The lowest BCUT2D eigenvalue weighted by Crippen LogP contribution is -2.22. The first-order chi connectivity index (χ1) is 13.9. The Balaban J connectivity index is 1.80. The lowest BCUT2D eigenvalue weighted by Gasteiger charge is -2.11. The van der Waals surface area contributed by atoms with Crippen LogP contribution >= 0.6 is 15.9 Å². The van der Waals surface area contributed by atoms with Crippen molar-refractivity contribution in [1.29, 1.82) is 0 Å². The van der Waals surface area contributed by atoms with Crippen LogP contribution < -0.4 is 10.7 Å². The van der Waals surface area contributed by atoms with Crippen LogP contribution in [0.2, 0.25) is 0 Å². The minimum Gasteiger partial charge on any atom is -0.321 e. The molecule has 0 saturated carbocycles. The molecule has 0 aliphatic heterocycles. The predicted molar refractivity (Wildman–Crippen MR) is 117 cm³/mol. The van der Waals surface area contributed by atoms with Gasteiger partial charge in [-0.3, -0.25) is 14.6 Å². The van der Waals surface area contributed by atoms with Crippen LogP contribution in [0.25, 0.3) is 0 Å². The lowest BCUT2D eigenvalue weighted by atomic mass is 10.1. The fourth-order valence-corrected chi connectivity index (χ4v) is 3.00. The summed E-state index contributed by atoms with van der Waals surface area (Å²) < 4.78 is 0.710. The molecule has 1 heterocycles. The van der Waals surface area contributed by atoms with Crippen LogP contribution in [-0.4, -0.2) is 22.5 Å². The highest BCUT2D eigenvalue weighted by Gasteiger charge is 2.15. The summed E-state index contributed by atoms with van der Waals surface area (Å²) in [6.45, 7) is 3.81. The smallest absolute Gasteiger partial charge is 0.273 e. The van der Waals surface area contributed by atoms with Gasteiger partial charge < -0.3 is 5.32 Å². The van der Waals surface area contributed by atoms with Gasteiger partial charge in [0.15, 0.2) is 0 Å². The molecule has 0 saturated heterocycles. The maximum absolute atomic E-state index is 12.7. The number of carbonyl (C=O) groups is 2. The third-order valence-corrected chi connectivity index (χ3v) is 4.65. The highest BCUT2D eigenvalue weighted by molar-refractivity contribution is 9.10. The van der Waals surface area contributed by atoms with Gasteiger partial charge in [0.05, 0.1) is 22.5 Å². The van der Waals surface area contributed by atoms with Crippen LogP contribution in [0.15, 0.2) is 76.6 Å². The summed E-state index contributed by atoms with van der Waals surface area (Å²) in [5, 5.41) is 6.95. The number of nitrogens with one attached hydrogen (secondary N) is 2. The normalized spacial score (nSPS) is 11.1. The molecule has 0 bridgehead atoms. The number of benzene rings is 2. The molecule has 146 valence electrons. The Labute approximate surface area is 177 Å². The molecular formula is C22H19BrN4O2. The highest BCUT2D eigenvalue weighted by Crippen LogP contribution is 2.22. The molecule has 0 radical (unpaired) electrons. The zero-order valence-corrected chi connectivity index (χ0v) is 17.5. The molecule has 2 amide bonds. The summed E-state index contributed by atoms with van der Waals surface area (Å²) in [6.07, 6.45) is 3.05. The third-order valence-electron chi connectivity index (χ3n) is 4.16. The number of rotatable bonds is 5. The molecule has 2 N–H and O–H groups in total. The van der Waals surface area contributed by atoms with E-state index in [1.807, 2.05) is 38.1 Å². The van der Waals surface area contributed by atoms with Crippen LogP contribution in [0.3, 0.4) is 0 Å².